The molecule has 7 heteroatoms. The molecule has 24 heavy (non-hydrogen) atoms. The van der Waals surface area contributed by atoms with Crippen LogP contribution >= 0.6 is 0 Å². The summed E-state index contributed by atoms with van der Waals surface area (Å²) < 4.78 is 5.55. The van der Waals surface area contributed by atoms with Crippen molar-refractivity contribution < 1.29 is 4.74 Å². The van der Waals surface area contributed by atoms with Crippen LogP contribution in [0.3, 0.4) is 0 Å². The second kappa shape index (κ2) is 7.23. The smallest absolute Gasteiger partial charge is 0.132 e. The second-order valence-electron chi connectivity index (χ2n) is 5.83. The van der Waals surface area contributed by atoms with Gasteiger partial charge in [0, 0.05) is 44.4 Å². The average molecular weight is 324 g/mol. The highest BCUT2D eigenvalue weighted by Crippen LogP contribution is 2.26. The fourth-order valence-corrected chi connectivity index (χ4v) is 2.98. The van der Waals surface area contributed by atoms with Crippen molar-refractivity contribution in [3.63, 3.8) is 0 Å². The predicted molar refractivity (Wildman–Crippen MR) is 90.8 cm³/mol. The van der Waals surface area contributed by atoms with Gasteiger partial charge in [-0.1, -0.05) is 0 Å². The number of anilines is 2. The summed E-state index contributed by atoms with van der Waals surface area (Å²) in [7, 11) is 1.74. The first-order valence-electron chi connectivity index (χ1n) is 7.87. The number of ether oxygens (including phenoxy) is 1. The van der Waals surface area contributed by atoms with E-state index in [1.54, 1.807) is 25.8 Å². The molecule has 2 aromatic heterocycles. The van der Waals surface area contributed by atoms with Crippen LogP contribution in [0, 0.1) is 18.3 Å². The number of hydrogen-bond acceptors (Lipinski definition) is 7. The molecule has 2 aromatic rings. The Bertz CT molecular complexity index is 744. The van der Waals surface area contributed by atoms with Gasteiger partial charge >= 0.3 is 0 Å². The Kier molecular flexibility index (Phi) is 4.87. The maximum absolute atomic E-state index is 9.17. The van der Waals surface area contributed by atoms with E-state index in [9.17, 15) is 5.26 Å². The number of rotatable bonds is 5. The van der Waals surface area contributed by atoms with Crippen molar-refractivity contribution in [2.75, 3.05) is 30.4 Å². The third-order valence-electron chi connectivity index (χ3n) is 4.26. The lowest BCUT2D eigenvalue weighted by Crippen LogP contribution is -2.35. The lowest BCUT2D eigenvalue weighted by atomic mass is 10.2. The highest BCUT2D eigenvalue weighted by atomic mass is 16.5. The van der Waals surface area contributed by atoms with Gasteiger partial charge in [-0.15, -0.1) is 0 Å². The Labute approximate surface area is 141 Å². The Balaban J connectivity index is 1.76. The molecule has 1 saturated heterocycles. The van der Waals surface area contributed by atoms with Crippen LogP contribution in [0.2, 0.25) is 0 Å². The molecule has 1 aliphatic rings. The Morgan fingerprint density at radius 3 is 3.08 bits per heavy atom. The summed E-state index contributed by atoms with van der Waals surface area (Å²) in [5.41, 5.74) is 2.28. The van der Waals surface area contributed by atoms with Gasteiger partial charge in [0.05, 0.1) is 23.4 Å². The van der Waals surface area contributed by atoms with Crippen molar-refractivity contribution in [3.8, 4) is 6.07 Å². The molecule has 0 aliphatic carbocycles. The molecular formula is C17H20N6O. The van der Waals surface area contributed by atoms with E-state index in [-0.39, 0.29) is 12.1 Å². The largest absolute Gasteiger partial charge is 0.382 e. The molecule has 124 valence electrons. The third-order valence-corrected chi connectivity index (χ3v) is 4.26. The van der Waals surface area contributed by atoms with Crippen LogP contribution < -0.4 is 10.2 Å². The highest BCUT2D eigenvalue weighted by Gasteiger charge is 2.33. The molecule has 3 heterocycles. The molecule has 0 saturated carbocycles. The van der Waals surface area contributed by atoms with Crippen molar-refractivity contribution in [3.05, 3.63) is 42.1 Å². The summed E-state index contributed by atoms with van der Waals surface area (Å²) in [6.45, 7) is 3.45. The van der Waals surface area contributed by atoms with Crippen LogP contribution in [0.25, 0.3) is 0 Å². The minimum absolute atomic E-state index is 0.167. The summed E-state index contributed by atoms with van der Waals surface area (Å²) in [5, 5.41) is 12.5. The first kappa shape index (κ1) is 16.1. The number of hydrogen-bond donors (Lipinski definition) is 1. The van der Waals surface area contributed by atoms with E-state index in [4.69, 9.17) is 4.74 Å². The summed E-state index contributed by atoms with van der Waals surface area (Å²) >= 11 is 0. The van der Waals surface area contributed by atoms with E-state index in [1.807, 2.05) is 19.1 Å². The van der Waals surface area contributed by atoms with Crippen molar-refractivity contribution in [1.82, 2.24) is 15.0 Å². The minimum atomic E-state index is 0.167. The second-order valence-corrected chi connectivity index (χ2v) is 5.83. The van der Waals surface area contributed by atoms with E-state index in [2.05, 4.69) is 31.2 Å². The van der Waals surface area contributed by atoms with Crippen LogP contribution in [0.5, 0.6) is 0 Å². The van der Waals surface area contributed by atoms with Gasteiger partial charge in [0.1, 0.15) is 18.2 Å². The van der Waals surface area contributed by atoms with Crippen molar-refractivity contribution in [2.24, 2.45) is 0 Å². The van der Waals surface area contributed by atoms with E-state index >= 15 is 0 Å². The maximum atomic E-state index is 9.17. The predicted octanol–water partition coefficient (Wildman–Crippen LogP) is 1.76. The Morgan fingerprint density at radius 2 is 2.33 bits per heavy atom. The van der Waals surface area contributed by atoms with Crippen molar-refractivity contribution >= 4 is 11.5 Å². The summed E-state index contributed by atoms with van der Waals surface area (Å²) in [5.74, 6) is 0.907. The molecule has 0 spiro atoms. The third kappa shape index (κ3) is 3.44. The number of pyridine rings is 1. The minimum Gasteiger partial charge on any atom is -0.382 e. The van der Waals surface area contributed by atoms with Crippen molar-refractivity contribution in [1.29, 1.82) is 5.26 Å². The van der Waals surface area contributed by atoms with Crippen LogP contribution in [-0.4, -0.2) is 47.3 Å². The molecule has 1 aliphatic heterocycles. The van der Waals surface area contributed by atoms with Gasteiger partial charge in [0.2, 0.25) is 0 Å². The number of methoxy groups -OCH3 is 1. The first-order valence-corrected chi connectivity index (χ1v) is 7.87. The first-order chi connectivity index (χ1) is 11.7. The van der Waals surface area contributed by atoms with Gasteiger partial charge in [-0.05, 0) is 19.4 Å². The van der Waals surface area contributed by atoms with Gasteiger partial charge in [-0.25, -0.2) is 9.97 Å². The highest BCUT2D eigenvalue weighted by molar-refractivity contribution is 5.56. The van der Waals surface area contributed by atoms with Gasteiger partial charge in [0.25, 0.3) is 0 Å². The monoisotopic (exact) mass is 324 g/mol. The average Bonchev–Trinajstić information content (AvgIpc) is 3.03. The molecule has 0 aromatic carbocycles. The molecule has 2 atom stereocenters. The normalized spacial score (nSPS) is 20.0. The quantitative estimate of drug-likeness (QED) is 0.896. The number of nitrogens with one attached hydrogen (secondary N) is 1. The molecule has 0 radical (unpaired) electrons. The molecule has 1 N–H and O–H groups in total. The summed E-state index contributed by atoms with van der Waals surface area (Å²) in [6, 6.07) is 6.19. The SMILES string of the molecule is CO[C@H]1C[C@@H](CNc2ccncc2C#N)N(c2cc(C)ncn2)C1. The van der Waals surface area contributed by atoms with Gasteiger partial charge < -0.3 is 15.0 Å². The topological polar surface area (TPSA) is 87.0 Å². The molecule has 0 unspecified atom stereocenters. The van der Waals surface area contributed by atoms with Crippen LogP contribution in [-0.2, 0) is 4.74 Å². The Hall–Kier alpha value is -2.72. The molecule has 0 bridgehead atoms. The van der Waals surface area contributed by atoms with Gasteiger partial charge in [-0.3, -0.25) is 4.98 Å². The van der Waals surface area contributed by atoms with E-state index in [1.165, 1.54) is 0 Å². The molecule has 0 amide bonds. The van der Waals surface area contributed by atoms with E-state index in [0.29, 0.717) is 12.1 Å². The molecule has 3 rings (SSSR count). The fraction of sp³-hybridized carbons (Fsp3) is 0.412. The maximum Gasteiger partial charge on any atom is 0.132 e. The van der Waals surface area contributed by atoms with E-state index < -0.39 is 0 Å². The van der Waals surface area contributed by atoms with Crippen LogP contribution in [0.1, 0.15) is 17.7 Å². The van der Waals surface area contributed by atoms with Gasteiger partial charge in [0.15, 0.2) is 0 Å². The Morgan fingerprint density at radius 1 is 1.46 bits per heavy atom. The molecular weight excluding hydrogens is 304 g/mol. The van der Waals surface area contributed by atoms with Crippen LogP contribution in [0.4, 0.5) is 11.5 Å². The number of aryl methyl sites for hydroxylation is 1. The summed E-state index contributed by atoms with van der Waals surface area (Å²) in [6.07, 6.45) is 5.91. The lowest BCUT2D eigenvalue weighted by molar-refractivity contribution is 0.118. The zero-order valence-electron chi connectivity index (χ0n) is 13.8. The standard InChI is InChI=1S/C17H20N6O/c1-12-5-17(22-11-21-12)23-10-15(24-2)6-14(23)9-20-16-3-4-19-8-13(16)7-18/h3-5,8,11,14-15H,6,9-10H2,1-2H3,(H,19,20)/t14-,15-/m0/s1. The molecule has 7 nitrogen and oxygen atoms in total. The summed E-state index contributed by atoms with van der Waals surface area (Å²) in [4.78, 5) is 14.8. The number of nitriles is 1. The lowest BCUT2D eigenvalue weighted by Gasteiger charge is -2.26. The molecule has 1 fully saturated rings. The van der Waals surface area contributed by atoms with Crippen molar-refractivity contribution in [2.45, 2.75) is 25.5 Å². The zero-order valence-corrected chi connectivity index (χ0v) is 13.8. The fourth-order valence-electron chi connectivity index (χ4n) is 2.98. The zero-order chi connectivity index (χ0) is 16.9. The number of aromatic nitrogens is 3. The van der Waals surface area contributed by atoms with Crippen LogP contribution in [0.15, 0.2) is 30.9 Å². The number of nitrogens with zero attached hydrogens (tertiary/aromatic N) is 5. The van der Waals surface area contributed by atoms with Gasteiger partial charge in [-0.2, -0.15) is 5.26 Å². The van der Waals surface area contributed by atoms with E-state index in [0.717, 1.165) is 30.2 Å².